The number of rotatable bonds is 6. The van der Waals surface area contributed by atoms with Crippen LogP contribution in [0.3, 0.4) is 0 Å². The van der Waals surface area contributed by atoms with Crippen LogP contribution in [0.15, 0.2) is 236 Å². The molecule has 0 fully saturated rings. The average molecular weight is 824 g/mol. The quantitative estimate of drug-likeness (QED) is 0.155. The van der Waals surface area contributed by atoms with E-state index in [1.165, 1.54) is 0 Å². The van der Waals surface area contributed by atoms with Crippen molar-refractivity contribution >= 4 is 62.0 Å². The minimum atomic E-state index is -0.588. The van der Waals surface area contributed by atoms with Gasteiger partial charge in [0.15, 0.2) is 0 Å². The van der Waals surface area contributed by atoms with Gasteiger partial charge in [0.2, 0.25) is 0 Å². The van der Waals surface area contributed by atoms with Gasteiger partial charge in [-0.15, -0.1) is 0 Å². The average Bonchev–Trinajstić information content (AvgIpc) is 3.81. The number of ether oxygens (including phenoxy) is 1. The van der Waals surface area contributed by atoms with Crippen molar-refractivity contribution < 1.29 is 17.1 Å². The number of hydrogen-bond acceptors (Lipinski definition) is 2. The van der Waals surface area contributed by atoms with Crippen molar-refractivity contribution in [2.75, 3.05) is 4.90 Å². The molecule has 10 aromatic carbocycles. The fourth-order valence-electron chi connectivity index (χ4n) is 9.91. The maximum atomic E-state index is 9.36. The Hall–Kier alpha value is -8.34. The Labute approximate surface area is 385 Å². The standard InChI is InChI=1S/C60H39BN2O/c1-6-19-40(20-7-1)44-33-36-54-52(37-44)61-51-35-34-50-49-29-16-17-32-53(49)62(46-27-14-5-15-28-46)59(50)60(51)64-56-39-45(41-21-8-2-9-22-41)38-55(57(56)61)63(54)58-47(42-23-10-3-11-24-42)30-18-31-48(58)43-25-12-4-13-26-43/h1-39H/i1D,6D,7D,16D,17D,19D,20D,29D,32D. The second kappa shape index (κ2) is 14.6. The lowest BCUT2D eigenvalue weighted by atomic mass is 9.34. The third-order valence-corrected chi connectivity index (χ3v) is 12.6. The molecule has 0 saturated heterocycles. The highest BCUT2D eigenvalue weighted by molar-refractivity contribution is 6.99. The smallest absolute Gasteiger partial charge is 0.256 e. The van der Waals surface area contributed by atoms with E-state index in [0.717, 1.165) is 66.8 Å². The van der Waals surface area contributed by atoms with E-state index in [1.807, 2.05) is 120 Å². The van der Waals surface area contributed by atoms with Crippen LogP contribution in [0.2, 0.25) is 0 Å². The van der Waals surface area contributed by atoms with E-state index in [-0.39, 0.29) is 41.8 Å². The van der Waals surface area contributed by atoms with Crippen LogP contribution >= 0.6 is 0 Å². The molecule has 3 heterocycles. The monoisotopic (exact) mass is 823 g/mol. The molecule has 1 aromatic heterocycles. The minimum absolute atomic E-state index is 0.0794. The first-order valence-corrected chi connectivity index (χ1v) is 21.3. The summed E-state index contributed by atoms with van der Waals surface area (Å²) in [5.74, 6) is 1.01. The number of fused-ring (bicyclic) bond motifs is 8. The van der Waals surface area contributed by atoms with Crippen molar-refractivity contribution in [1.82, 2.24) is 4.57 Å². The zero-order chi connectivity index (χ0) is 50.0. The van der Waals surface area contributed by atoms with Crippen LogP contribution in [0, 0.1) is 0 Å². The lowest BCUT2D eigenvalue weighted by Crippen LogP contribution is -2.59. The molecule has 0 amide bonds. The minimum Gasteiger partial charge on any atom is -0.456 e. The van der Waals surface area contributed by atoms with Crippen molar-refractivity contribution in [2.24, 2.45) is 0 Å². The van der Waals surface area contributed by atoms with Gasteiger partial charge >= 0.3 is 0 Å². The Balaban J connectivity index is 1.20. The molecular formula is C60H39BN2O. The van der Waals surface area contributed by atoms with Gasteiger partial charge in [0.1, 0.15) is 11.5 Å². The summed E-state index contributed by atoms with van der Waals surface area (Å²) in [7, 11) is 0. The molecule has 3 nitrogen and oxygen atoms in total. The molecule has 0 bridgehead atoms. The fourth-order valence-corrected chi connectivity index (χ4v) is 9.91. The Morgan fingerprint density at radius 3 is 1.78 bits per heavy atom. The van der Waals surface area contributed by atoms with Gasteiger partial charge in [-0.2, -0.15) is 0 Å². The Morgan fingerprint density at radius 1 is 0.438 bits per heavy atom. The van der Waals surface area contributed by atoms with E-state index in [9.17, 15) is 2.74 Å². The molecule has 13 rings (SSSR count). The predicted molar refractivity (Wildman–Crippen MR) is 268 cm³/mol. The van der Waals surface area contributed by atoms with Crippen molar-refractivity contribution in [1.29, 1.82) is 0 Å². The van der Waals surface area contributed by atoms with Crippen LogP contribution < -0.4 is 26.0 Å². The van der Waals surface area contributed by atoms with Crippen molar-refractivity contribution in [3.63, 3.8) is 0 Å². The predicted octanol–water partition coefficient (Wildman–Crippen LogP) is 13.9. The highest BCUT2D eigenvalue weighted by Gasteiger charge is 2.44. The van der Waals surface area contributed by atoms with E-state index < -0.39 is 24.8 Å². The molecular weight excluding hydrogens is 775 g/mol. The third kappa shape index (κ3) is 5.63. The molecule has 0 atom stereocenters. The highest BCUT2D eigenvalue weighted by atomic mass is 16.5. The van der Waals surface area contributed by atoms with Crippen LogP contribution in [0.25, 0.3) is 72.0 Å². The first-order chi connectivity index (χ1) is 35.5. The summed E-state index contributed by atoms with van der Waals surface area (Å²) in [6, 6.07) is 57.5. The zero-order valence-electron chi connectivity index (χ0n) is 43.2. The lowest BCUT2D eigenvalue weighted by Gasteiger charge is -2.42. The Morgan fingerprint density at radius 2 is 1.08 bits per heavy atom. The fraction of sp³-hybridized carbons (Fsp3) is 0. The maximum absolute atomic E-state index is 9.36. The number of aromatic nitrogens is 1. The van der Waals surface area contributed by atoms with Gasteiger partial charge in [0, 0.05) is 39.0 Å². The van der Waals surface area contributed by atoms with Crippen molar-refractivity contribution in [3.05, 3.63) is 236 Å². The summed E-state index contributed by atoms with van der Waals surface area (Å²) >= 11 is 0. The molecule has 0 unspecified atom stereocenters. The van der Waals surface area contributed by atoms with Gasteiger partial charge in [0.25, 0.3) is 6.71 Å². The molecule has 0 spiro atoms. The summed E-state index contributed by atoms with van der Waals surface area (Å²) in [4.78, 5) is 2.30. The number of nitrogens with zero attached hydrogens (tertiary/aromatic N) is 2. The van der Waals surface area contributed by atoms with Gasteiger partial charge in [0.05, 0.1) is 29.1 Å². The summed E-state index contributed by atoms with van der Waals surface area (Å²) in [5.41, 5.74) is 12.7. The number of anilines is 3. The SMILES string of the molecule is [2H]c1c([2H])c([2H])c(-c2ccc3c(c2)B2c4ccc5c6c([2H])c([2H])c([2H])c([2H])c6n(-c6ccccc6)c5c4Oc4cc(-c5ccccc5)cc(c42)N3c2c(-c3ccccc3)cccc2-c2ccccc2)c([2H])c1[2H]. The molecule has 2 aliphatic rings. The van der Waals surface area contributed by atoms with Gasteiger partial charge in [-0.25, -0.2) is 0 Å². The largest absolute Gasteiger partial charge is 0.456 e. The Bertz CT molecular complexity index is 4030. The first-order valence-electron chi connectivity index (χ1n) is 25.8. The molecule has 2 aliphatic heterocycles. The van der Waals surface area contributed by atoms with Crippen molar-refractivity contribution in [3.8, 4) is 61.7 Å². The highest BCUT2D eigenvalue weighted by Crippen LogP contribution is 2.51. The second-order valence-electron chi connectivity index (χ2n) is 16.1. The number of benzene rings is 10. The summed E-state index contributed by atoms with van der Waals surface area (Å²) in [5, 5.41) is 0.952. The van der Waals surface area contributed by atoms with E-state index in [2.05, 4.69) is 71.6 Å². The normalized spacial score (nSPS) is 14.4. The zero-order valence-corrected chi connectivity index (χ0v) is 34.2. The van der Waals surface area contributed by atoms with Gasteiger partial charge in [-0.1, -0.05) is 200 Å². The maximum Gasteiger partial charge on any atom is 0.256 e. The molecule has 0 saturated carbocycles. The number of para-hydroxylation sites is 3. The van der Waals surface area contributed by atoms with Gasteiger partial charge in [-0.05, 0) is 86.1 Å². The second-order valence-corrected chi connectivity index (χ2v) is 16.1. The molecule has 0 aliphatic carbocycles. The van der Waals surface area contributed by atoms with Crippen LogP contribution in [0.4, 0.5) is 17.1 Å². The molecule has 4 heteroatoms. The summed E-state index contributed by atoms with van der Waals surface area (Å²) < 4.78 is 89.9. The van der Waals surface area contributed by atoms with E-state index in [4.69, 9.17) is 14.3 Å². The topological polar surface area (TPSA) is 17.4 Å². The first kappa shape index (κ1) is 28.3. The molecule has 64 heavy (non-hydrogen) atoms. The van der Waals surface area contributed by atoms with Crippen molar-refractivity contribution in [2.45, 2.75) is 0 Å². The third-order valence-electron chi connectivity index (χ3n) is 12.6. The lowest BCUT2D eigenvalue weighted by molar-refractivity contribution is 0.491. The summed E-state index contributed by atoms with van der Waals surface area (Å²) in [6.45, 7) is -0.588. The van der Waals surface area contributed by atoms with E-state index >= 15 is 0 Å². The van der Waals surface area contributed by atoms with Crippen LogP contribution in [-0.4, -0.2) is 11.3 Å². The van der Waals surface area contributed by atoms with Crippen LogP contribution in [0.5, 0.6) is 11.5 Å². The molecule has 0 N–H and O–H groups in total. The summed E-state index contributed by atoms with van der Waals surface area (Å²) in [6.07, 6.45) is 0. The molecule has 11 aromatic rings. The van der Waals surface area contributed by atoms with Crippen LogP contribution in [0.1, 0.15) is 12.3 Å². The molecule has 298 valence electrons. The van der Waals surface area contributed by atoms with E-state index in [0.29, 0.717) is 44.6 Å². The van der Waals surface area contributed by atoms with E-state index in [1.54, 1.807) is 0 Å². The van der Waals surface area contributed by atoms with Gasteiger partial charge < -0.3 is 14.2 Å². The number of hydrogen-bond donors (Lipinski definition) is 0. The van der Waals surface area contributed by atoms with Gasteiger partial charge in [-0.3, -0.25) is 0 Å². The molecule has 0 radical (unpaired) electrons. The Kier molecular flexibility index (Phi) is 6.48. The van der Waals surface area contributed by atoms with Crippen LogP contribution in [-0.2, 0) is 0 Å².